The van der Waals surface area contributed by atoms with Gasteiger partial charge in [-0.2, -0.15) is 0 Å². The Balaban J connectivity index is 2.38. The number of carbonyl (C=O) groups is 1. The van der Waals surface area contributed by atoms with Crippen molar-refractivity contribution in [3.8, 4) is 0 Å². The minimum Gasteiger partial charge on any atom is -0.370 e. The number of anilines is 1. The van der Waals surface area contributed by atoms with Crippen LogP contribution in [-0.4, -0.2) is 5.91 Å². The first kappa shape index (κ1) is 14.8. The van der Waals surface area contributed by atoms with E-state index in [1.54, 1.807) is 0 Å². The summed E-state index contributed by atoms with van der Waals surface area (Å²) in [6.45, 7) is 0. The maximum Gasteiger partial charge on any atom is 0.244 e. The largest absolute Gasteiger partial charge is 0.370 e. The van der Waals surface area contributed by atoms with Gasteiger partial charge in [0, 0.05) is 17.3 Å². The van der Waals surface area contributed by atoms with E-state index in [0.29, 0.717) is 12.1 Å². The molecule has 0 saturated heterocycles. The molecule has 1 atom stereocenters. The summed E-state index contributed by atoms with van der Waals surface area (Å²) in [6.07, 6.45) is 0. The van der Waals surface area contributed by atoms with Crippen LogP contribution >= 0.6 is 0 Å². The van der Waals surface area contributed by atoms with Crippen molar-refractivity contribution in [3.63, 3.8) is 0 Å². The quantitative estimate of drug-likeness (QED) is 0.673. The van der Waals surface area contributed by atoms with E-state index in [9.17, 15) is 22.4 Å². The first-order chi connectivity index (χ1) is 9.88. The second-order valence-corrected chi connectivity index (χ2v) is 4.27. The van der Waals surface area contributed by atoms with Crippen LogP contribution < -0.4 is 11.1 Å². The highest BCUT2D eigenvalue weighted by molar-refractivity contribution is 5.84. The molecule has 0 spiro atoms. The van der Waals surface area contributed by atoms with Gasteiger partial charge in [0.1, 0.15) is 17.7 Å². The molecule has 0 bridgehead atoms. The second kappa shape index (κ2) is 5.82. The van der Waals surface area contributed by atoms with Crippen molar-refractivity contribution in [2.75, 3.05) is 5.32 Å². The van der Waals surface area contributed by atoms with Crippen LogP contribution in [0.3, 0.4) is 0 Å². The Hall–Kier alpha value is -2.57. The Morgan fingerprint density at radius 1 is 0.952 bits per heavy atom. The topological polar surface area (TPSA) is 55.1 Å². The van der Waals surface area contributed by atoms with Gasteiger partial charge in [-0.25, -0.2) is 17.6 Å². The minimum absolute atomic E-state index is 0.268. The Bertz CT molecular complexity index is 673. The summed E-state index contributed by atoms with van der Waals surface area (Å²) < 4.78 is 52.6. The van der Waals surface area contributed by atoms with Crippen molar-refractivity contribution >= 4 is 11.6 Å². The lowest BCUT2D eigenvalue weighted by molar-refractivity contribution is -0.118. The third-order valence-electron chi connectivity index (χ3n) is 2.79. The summed E-state index contributed by atoms with van der Waals surface area (Å²) in [5.41, 5.74) is 4.97. The summed E-state index contributed by atoms with van der Waals surface area (Å²) in [5.74, 6) is -5.30. The van der Waals surface area contributed by atoms with E-state index >= 15 is 0 Å². The molecule has 0 aliphatic carbocycles. The molecule has 0 saturated carbocycles. The molecule has 110 valence electrons. The van der Waals surface area contributed by atoms with Gasteiger partial charge in [0.2, 0.25) is 5.91 Å². The van der Waals surface area contributed by atoms with E-state index in [4.69, 9.17) is 5.73 Å². The first-order valence-corrected chi connectivity index (χ1v) is 5.84. The van der Waals surface area contributed by atoms with Crippen LogP contribution in [-0.2, 0) is 4.79 Å². The number of nitrogens with two attached hydrogens (primary N) is 1. The predicted molar refractivity (Wildman–Crippen MR) is 68.3 cm³/mol. The Morgan fingerprint density at radius 2 is 1.52 bits per heavy atom. The maximum absolute atomic E-state index is 13.7. The fourth-order valence-corrected chi connectivity index (χ4v) is 1.77. The molecule has 2 aromatic rings. The van der Waals surface area contributed by atoms with Gasteiger partial charge in [0.05, 0.1) is 0 Å². The monoisotopic (exact) mass is 298 g/mol. The van der Waals surface area contributed by atoms with Crippen molar-refractivity contribution in [2.45, 2.75) is 6.04 Å². The lowest BCUT2D eigenvalue weighted by Crippen LogP contribution is -2.28. The van der Waals surface area contributed by atoms with Crippen LogP contribution in [0.15, 0.2) is 36.4 Å². The average molecular weight is 298 g/mol. The molecular formula is C14H10F4N2O. The molecule has 2 rings (SSSR count). The van der Waals surface area contributed by atoms with Crippen LogP contribution in [0.1, 0.15) is 11.6 Å². The van der Waals surface area contributed by atoms with Gasteiger partial charge in [-0.3, -0.25) is 4.79 Å². The molecular weight excluding hydrogens is 288 g/mol. The third kappa shape index (κ3) is 3.31. The van der Waals surface area contributed by atoms with Gasteiger partial charge in [0.25, 0.3) is 0 Å². The summed E-state index contributed by atoms with van der Waals surface area (Å²) in [7, 11) is 0. The number of rotatable bonds is 4. The van der Waals surface area contributed by atoms with E-state index < -0.39 is 40.8 Å². The molecule has 3 nitrogen and oxygen atoms in total. The van der Waals surface area contributed by atoms with Crippen LogP contribution in [0.2, 0.25) is 0 Å². The molecule has 2 aromatic carbocycles. The van der Waals surface area contributed by atoms with Crippen LogP contribution in [0.4, 0.5) is 23.2 Å². The molecule has 21 heavy (non-hydrogen) atoms. The van der Waals surface area contributed by atoms with Gasteiger partial charge in [-0.1, -0.05) is 0 Å². The molecule has 0 aromatic heterocycles. The fourth-order valence-electron chi connectivity index (χ4n) is 1.77. The first-order valence-electron chi connectivity index (χ1n) is 5.84. The maximum atomic E-state index is 13.7. The highest BCUT2D eigenvalue weighted by Gasteiger charge is 2.23. The number of carbonyl (C=O) groups excluding carboxylic acids is 1. The molecule has 1 unspecified atom stereocenters. The van der Waals surface area contributed by atoms with Crippen LogP contribution in [0.25, 0.3) is 0 Å². The van der Waals surface area contributed by atoms with Crippen molar-refractivity contribution < 1.29 is 22.4 Å². The minimum atomic E-state index is -1.43. The van der Waals surface area contributed by atoms with E-state index in [1.165, 1.54) is 12.1 Å². The van der Waals surface area contributed by atoms with Crippen LogP contribution in [0, 0.1) is 23.3 Å². The smallest absolute Gasteiger partial charge is 0.244 e. The highest BCUT2D eigenvalue weighted by Crippen LogP contribution is 2.24. The Morgan fingerprint density at radius 3 is 2.10 bits per heavy atom. The van der Waals surface area contributed by atoms with Gasteiger partial charge in [0.15, 0.2) is 11.6 Å². The van der Waals surface area contributed by atoms with Crippen LogP contribution in [0.5, 0.6) is 0 Å². The lowest BCUT2D eigenvalue weighted by atomic mass is 10.0. The van der Waals surface area contributed by atoms with Gasteiger partial charge in [-0.05, 0) is 30.3 Å². The standard InChI is InChI=1S/C14H10F4N2O/c15-7-1-3-8(4-2-7)20-13(14(19)21)9-5-11(17)12(18)6-10(9)16/h1-6,13,20H,(H2,19,21). The van der Waals surface area contributed by atoms with Crippen molar-refractivity contribution in [1.82, 2.24) is 0 Å². The summed E-state index contributed by atoms with van der Waals surface area (Å²) >= 11 is 0. The molecule has 0 radical (unpaired) electrons. The van der Waals surface area contributed by atoms with Gasteiger partial charge < -0.3 is 11.1 Å². The van der Waals surface area contributed by atoms with E-state index in [0.717, 1.165) is 12.1 Å². The molecule has 0 aliphatic heterocycles. The number of halogens is 4. The SMILES string of the molecule is NC(=O)C(Nc1ccc(F)cc1)c1cc(F)c(F)cc1F. The van der Waals surface area contributed by atoms with Crippen molar-refractivity contribution in [3.05, 3.63) is 65.2 Å². The summed E-state index contributed by atoms with van der Waals surface area (Å²) in [4.78, 5) is 11.4. The summed E-state index contributed by atoms with van der Waals surface area (Å²) in [5, 5.41) is 2.54. The average Bonchev–Trinajstić information content (AvgIpc) is 2.42. The summed E-state index contributed by atoms with van der Waals surface area (Å²) in [6, 6.07) is 4.27. The number of hydrogen-bond acceptors (Lipinski definition) is 2. The third-order valence-corrected chi connectivity index (χ3v) is 2.79. The highest BCUT2D eigenvalue weighted by atomic mass is 19.2. The Labute approximate surface area is 117 Å². The zero-order chi connectivity index (χ0) is 15.6. The molecule has 3 N–H and O–H groups in total. The predicted octanol–water partition coefficient (Wildman–Crippen LogP) is 2.88. The number of amides is 1. The molecule has 0 fully saturated rings. The molecule has 1 amide bonds. The van der Waals surface area contributed by atoms with E-state index in [2.05, 4.69) is 5.32 Å². The molecule has 0 aliphatic rings. The van der Waals surface area contributed by atoms with E-state index in [1.807, 2.05) is 0 Å². The van der Waals surface area contributed by atoms with Crippen molar-refractivity contribution in [1.29, 1.82) is 0 Å². The fraction of sp³-hybridized carbons (Fsp3) is 0.0714. The van der Waals surface area contributed by atoms with Crippen molar-refractivity contribution in [2.24, 2.45) is 5.73 Å². The lowest BCUT2D eigenvalue weighted by Gasteiger charge is -2.18. The number of primary amides is 1. The number of benzene rings is 2. The molecule has 7 heteroatoms. The molecule has 0 heterocycles. The Kier molecular flexibility index (Phi) is 4.11. The number of nitrogens with one attached hydrogen (secondary N) is 1. The van der Waals surface area contributed by atoms with Gasteiger partial charge >= 0.3 is 0 Å². The second-order valence-electron chi connectivity index (χ2n) is 4.27. The zero-order valence-corrected chi connectivity index (χ0v) is 10.5. The van der Waals surface area contributed by atoms with E-state index in [-0.39, 0.29) is 5.69 Å². The normalized spacial score (nSPS) is 12.0. The zero-order valence-electron chi connectivity index (χ0n) is 10.5. The number of hydrogen-bond donors (Lipinski definition) is 2. The van der Waals surface area contributed by atoms with Gasteiger partial charge in [-0.15, -0.1) is 0 Å².